The fraction of sp³-hybridized carbons (Fsp3) is 0.214. The van der Waals surface area contributed by atoms with Gasteiger partial charge in [0.05, 0.1) is 7.11 Å². The average Bonchev–Trinajstić information content (AvgIpc) is 2.77. The van der Waals surface area contributed by atoms with Crippen molar-refractivity contribution in [3.05, 3.63) is 47.5 Å². The number of esters is 1. The molecule has 0 unspecified atom stereocenters. The number of hydrogen-bond acceptors (Lipinski definition) is 4. The van der Waals surface area contributed by atoms with Crippen LogP contribution in [0.5, 0.6) is 0 Å². The molecule has 1 heterocycles. The van der Waals surface area contributed by atoms with Gasteiger partial charge in [-0.3, -0.25) is 4.72 Å². The zero-order valence-corrected chi connectivity index (χ0v) is 13.1. The SMILES string of the molecule is COC(=O)c1cc(S(=O)(=O)Nc2ccc(F)cc2)c(C)n1C. The maximum absolute atomic E-state index is 12.9. The Morgan fingerprint density at radius 2 is 1.86 bits per heavy atom. The van der Waals surface area contributed by atoms with Gasteiger partial charge in [-0.05, 0) is 37.3 Å². The average molecular weight is 326 g/mol. The molecule has 2 aromatic rings. The summed E-state index contributed by atoms with van der Waals surface area (Å²) >= 11 is 0. The van der Waals surface area contributed by atoms with Gasteiger partial charge in [-0.25, -0.2) is 17.6 Å². The molecular weight excluding hydrogens is 311 g/mol. The minimum absolute atomic E-state index is 0.0419. The first-order valence-corrected chi connectivity index (χ1v) is 7.77. The maximum atomic E-state index is 12.9. The van der Waals surface area contributed by atoms with Crippen molar-refractivity contribution in [3.8, 4) is 0 Å². The molecule has 0 bridgehead atoms. The Labute approximate surface area is 127 Å². The van der Waals surface area contributed by atoms with Gasteiger partial charge in [0.15, 0.2) is 0 Å². The van der Waals surface area contributed by atoms with Crippen LogP contribution in [-0.2, 0) is 21.8 Å². The molecule has 0 spiro atoms. The Kier molecular flexibility index (Phi) is 4.23. The number of hydrogen-bond donors (Lipinski definition) is 1. The molecular formula is C14H15FN2O4S. The van der Waals surface area contributed by atoms with Crippen molar-refractivity contribution in [2.24, 2.45) is 7.05 Å². The lowest BCUT2D eigenvalue weighted by atomic mass is 10.3. The molecule has 0 saturated heterocycles. The Balaban J connectivity index is 2.41. The zero-order valence-electron chi connectivity index (χ0n) is 12.3. The van der Waals surface area contributed by atoms with E-state index in [1.54, 1.807) is 14.0 Å². The standard InChI is InChI=1S/C14H15FN2O4S/c1-9-13(8-12(17(9)2)14(18)21-3)22(19,20)16-11-6-4-10(15)5-7-11/h4-8,16H,1-3H3. The first kappa shape index (κ1) is 16.0. The minimum Gasteiger partial charge on any atom is -0.464 e. The molecule has 0 radical (unpaired) electrons. The fourth-order valence-corrected chi connectivity index (χ4v) is 3.32. The number of methoxy groups -OCH3 is 1. The fourth-order valence-electron chi connectivity index (χ4n) is 1.97. The Morgan fingerprint density at radius 3 is 2.41 bits per heavy atom. The van der Waals surface area contributed by atoms with Crippen LogP contribution in [-0.4, -0.2) is 26.1 Å². The van der Waals surface area contributed by atoms with Crippen molar-refractivity contribution in [2.45, 2.75) is 11.8 Å². The van der Waals surface area contributed by atoms with Crippen LogP contribution in [0, 0.1) is 12.7 Å². The monoisotopic (exact) mass is 326 g/mol. The summed E-state index contributed by atoms with van der Waals surface area (Å²) in [6.45, 7) is 1.58. The molecule has 0 aliphatic heterocycles. The van der Waals surface area contributed by atoms with Crippen LogP contribution in [0.15, 0.2) is 35.2 Å². The minimum atomic E-state index is -3.90. The number of carbonyl (C=O) groups excluding carboxylic acids is 1. The largest absolute Gasteiger partial charge is 0.464 e. The lowest BCUT2D eigenvalue weighted by Crippen LogP contribution is -2.13. The summed E-state index contributed by atoms with van der Waals surface area (Å²) in [6.07, 6.45) is 0. The molecule has 1 aromatic carbocycles. The number of sulfonamides is 1. The highest BCUT2D eigenvalue weighted by atomic mass is 32.2. The van der Waals surface area contributed by atoms with E-state index in [1.807, 2.05) is 0 Å². The first-order valence-electron chi connectivity index (χ1n) is 6.29. The van der Waals surface area contributed by atoms with Crippen LogP contribution in [0.1, 0.15) is 16.2 Å². The van der Waals surface area contributed by atoms with Crippen molar-refractivity contribution in [1.29, 1.82) is 0 Å². The third kappa shape index (κ3) is 2.96. The second-order valence-corrected chi connectivity index (χ2v) is 6.29. The summed E-state index contributed by atoms with van der Waals surface area (Å²) in [4.78, 5) is 11.6. The van der Waals surface area contributed by atoms with Crippen molar-refractivity contribution in [3.63, 3.8) is 0 Å². The van der Waals surface area contributed by atoms with Crippen molar-refractivity contribution in [1.82, 2.24) is 4.57 Å². The van der Waals surface area contributed by atoms with Crippen LogP contribution in [0.3, 0.4) is 0 Å². The second kappa shape index (κ2) is 5.80. The number of ether oxygens (including phenoxy) is 1. The molecule has 1 aromatic heterocycles. The Hall–Kier alpha value is -2.35. The van der Waals surface area contributed by atoms with Gasteiger partial charge < -0.3 is 9.30 Å². The molecule has 6 nitrogen and oxygen atoms in total. The van der Waals surface area contributed by atoms with Gasteiger partial charge in [-0.1, -0.05) is 0 Å². The van der Waals surface area contributed by atoms with Gasteiger partial charge in [-0.15, -0.1) is 0 Å². The van der Waals surface area contributed by atoms with E-state index in [-0.39, 0.29) is 16.3 Å². The predicted molar refractivity (Wildman–Crippen MR) is 78.7 cm³/mol. The van der Waals surface area contributed by atoms with Gasteiger partial charge in [0.2, 0.25) is 0 Å². The first-order chi connectivity index (χ1) is 10.3. The van der Waals surface area contributed by atoms with Gasteiger partial charge in [-0.2, -0.15) is 0 Å². The van der Waals surface area contributed by atoms with E-state index in [2.05, 4.69) is 9.46 Å². The van der Waals surface area contributed by atoms with E-state index in [0.29, 0.717) is 5.69 Å². The summed E-state index contributed by atoms with van der Waals surface area (Å²) in [6, 6.07) is 6.16. The molecule has 0 saturated carbocycles. The summed E-state index contributed by atoms with van der Waals surface area (Å²) < 4.78 is 46.1. The van der Waals surface area contributed by atoms with Gasteiger partial charge in [0.25, 0.3) is 10.0 Å². The molecule has 0 atom stereocenters. The summed E-state index contributed by atoms with van der Waals surface area (Å²) in [5.74, 6) is -1.10. The van der Waals surface area contributed by atoms with Crippen LogP contribution < -0.4 is 4.72 Å². The summed E-state index contributed by atoms with van der Waals surface area (Å²) in [5, 5.41) is 0. The van der Waals surface area contributed by atoms with Crippen molar-refractivity contribution in [2.75, 3.05) is 11.8 Å². The second-order valence-electron chi connectivity index (χ2n) is 4.64. The van der Waals surface area contributed by atoms with Crippen LogP contribution in [0.25, 0.3) is 0 Å². The van der Waals surface area contributed by atoms with E-state index in [0.717, 1.165) is 12.1 Å². The zero-order chi connectivity index (χ0) is 16.5. The van der Waals surface area contributed by atoms with Gasteiger partial charge >= 0.3 is 5.97 Å². The van der Waals surface area contributed by atoms with E-state index >= 15 is 0 Å². The lowest BCUT2D eigenvalue weighted by Gasteiger charge is -2.08. The Bertz CT molecular complexity index is 810. The third-order valence-corrected chi connectivity index (χ3v) is 4.77. The Morgan fingerprint density at radius 1 is 1.27 bits per heavy atom. The van der Waals surface area contributed by atoms with E-state index in [1.165, 1.54) is 29.9 Å². The molecule has 22 heavy (non-hydrogen) atoms. The summed E-state index contributed by atoms with van der Waals surface area (Å²) in [7, 11) is -1.12. The van der Waals surface area contributed by atoms with E-state index in [4.69, 9.17) is 0 Å². The van der Waals surface area contributed by atoms with Gasteiger partial charge in [0, 0.05) is 18.4 Å². The number of benzene rings is 1. The number of anilines is 1. The number of carbonyl (C=O) groups is 1. The molecule has 0 aliphatic carbocycles. The van der Waals surface area contributed by atoms with Crippen LogP contribution >= 0.6 is 0 Å². The molecule has 8 heteroatoms. The predicted octanol–water partition coefficient (Wildman–Crippen LogP) is 2.06. The maximum Gasteiger partial charge on any atom is 0.354 e. The molecule has 0 amide bonds. The number of aromatic nitrogens is 1. The highest BCUT2D eigenvalue weighted by molar-refractivity contribution is 7.92. The number of rotatable bonds is 4. The highest BCUT2D eigenvalue weighted by Crippen LogP contribution is 2.23. The summed E-state index contributed by atoms with van der Waals surface area (Å²) in [5.41, 5.74) is 0.735. The van der Waals surface area contributed by atoms with Crippen molar-refractivity contribution >= 4 is 21.7 Å². The smallest absolute Gasteiger partial charge is 0.354 e. The number of halogens is 1. The lowest BCUT2D eigenvalue weighted by molar-refractivity contribution is 0.0589. The van der Waals surface area contributed by atoms with Crippen molar-refractivity contribution < 1.29 is 22.3 Å². The third-order valence-electron chi connectivity index (χ3n) is 3.27. The molecule has 2 rings (SSSR count). The normalized spacial score (nSPS) is 11.3. The van der Waals surface area contributed by atoms with E-state index in [9.17, 15) is 17.6 Å². The molecule has 118 valence electrons. The molecule has 0 fully saturated rings. The molecule has 0 aliphatic rings. The van der Waals surface area contributed by atoms with Crippen LogP contribution in [0.4, 0.5) is 10.1 Å². The van der Waals surface area contributed by atoms with Crippen LogP contribution in [0.2, 0.25) is 0 Å². The molecule has 1 N–H and O–H groups in total. The topological polar surface area (TPSA) is 77.4 Å². The van der Waals surface area contributed by atoms with E-state index < -0.39 is 21.8 Å². The number of nitrogens with one attached hydrogen (secondary N) is 1. The van der Waals surface area contributed by atoms with Gasteiger partial charge in [0.1, 0.15) is 16.4 Å². The quantitative estimate of drug-likeness (QED) is 0.873. The highest BCUT2D eigenvalue weighted by Gasteiger charge is 2.24. The number of nitrogens with zero attached hydrogens (tertiary/aromatic N) is 1.